The maximum absolute atomic E-state index is 12.1. The number of ketones is 1. The van der Waals surface area contributed by atoms with Crippen molar-refractivity contribution in [2.75, 3.05) is 6.54 Å². The molecular formula is C13H15NO2. The van der Waals surface area contributed by atoms with E-state index < -0.39 is 0 Å². The molecule has 1 aromatic carbocycles. The fourth-order valence-corrected chi connectivity index (χ4v) is 1.85. The van der Waals surface area contributed by atoms with E-state index in [9.17, 15) is 4.79 Å². The van der Waals surface area contributed by atoms with Crippen molar-refractivity contribution in [1.29, 1.82) is 0 Å². The fourth-order valence-electron chi connectivity index (χ4n) is 1.85. The van der Waals surface area contributed by atoms with E-state index in [1.807, 2.05) is 31.2 Å². The summed E-state index contributed by atoms with van der Waals surface area (Å²) in [6.07, 6.45) is 2.29. The van der Waals surface area contributed by atoms with Gasteiger partial charge >= 0.3 is 0 Å². The molecule has 3 heteroatoms. The third kappa shape index (κ3) is 1.74. The van der Waals surface area contributed by atoms with Gasteiger partial charge in [0.15, 0.2) is 5.78 Å². The first-order chi connectivity index (χ1) is 7.77. The lowest BCUT2D eigenvalue weighted by molar-refractivity contribution is 0.0922. The Morgan fingerprint density at radius 1 is 1.44 bits per heavy atom. The Balaban J connectivity index is 2.43. The number of furan rings is 1. The quantitative estimate of drug-likeness (QED) is 0.801. The first-order valence-electron chi connectivity index (χ1n) is 5.48. The minimum absolute atomic E-state index is 0.0787. The zero-order chi connectivity index (χ0) is 11.5. The molecule has 0 spiro atoms. The summed E-state index contributed by atoms with van der Waals surface area (Å²) in [7, 11) is 0. The van der Waals surface area contributed by atoms with Crippen molar-refractivity contribution in [1.82, 2.24) is 0 Å². The van der Waals surface area contributed by atoms with E-state index in [2.05, 4.69) is 0 Å². The molecule has 0 saturated heterocycles. The zero-order valence-corrected chi connectivity index (χ0v) is 9.27. The maximum atomic E-state index is 12.1. The Morgan fingerprint density at radius 2 is 2.19 bits per heavy atom. The van der Waals surface area contributed by atoms with E-state index in [1.54, 1.807) is 0 Å². The van der Waals surface area contributed by atoms with Crippen LogP contribution < -0.4 is 5.73 Å². The maximum Gasteiger partial charge on any atom is 0.171 e. The largest absolute Gasteiger partial charge is 0.464 e. The van der Waals surface area contributed by atoms with Gasteiger partial charge in [0.1, 0.15) is 11.8 Å². The highest BCUT2D eigenvalue weighted by molar-refractivity contribution is 6.08. The van der Waals surface area contributed by atoms with Crippen molar-refractivity contribution in [2.45, 2.75) is 13.3 Å². The number of hydrogen-bond acceptors (Lipinski definition) is 3. The molecule has 1 atom stereocenters. The topological polar surface area (TPSA) is 56.2 Å². The minimum atomic E-state index is -0.110. The van der Waals surface area contributed by atoms with Crippen LogP contribution in [0.2, 0.25) is 0 Å². The first kappa shape index (κ1) is 10.9. The number of rotatable bonds is 4. The monoisotopic (exact) mass is 217 g/mol. The molecule has 1 heterocycles. The van der Waals surface area contributed by atoms with Crippen molar-refractivity contribution in [3.8, 4) is 0 Å². The highest BCUT2D eigenvalue weighted by atomic mass is 16.3. The van der Waals surface area contributed by atoms with E-state index in [-0.39, 0.29) is 11.7 Å². The highest BCUT2D eigenvalue weighted by Crippen LogP contribution is 2.23. The summed E-state index contributed by atoms with van der Waals surface area (Å²) in [5, 5.41) is 0.874. The Hall–Kier alpha value is -1.61. The first-order valence-corrected chi connectivity index (χ1v) is 5.48. The van der Waals surface area contributed by atoms with Crippen LogP contribution >= 0.6 is 0 Å². The molecule has 0 aliphatic carbocycles. The minimum Gasteiger partial charge on any atom is -0.464 e. The lowest BCUT2D eigenvalue weighted by Gasteiger charge is -2.08. The number of para-hydroxylation sites is 1. The van der Waals surface area contributed by atoms with Crippen LogP contribution in [0.1, 0.15) is 23.7 Å². The Morgan fingerprint density at radius 3 is 2.88 bits per heavy atom. The van der Waals surface area contributed by atoms with Crippen LogP contribution in [0.25, 0.3) is 11.0 Å². The summed E-state index contributed by atoms with van der Waals surface area (Å²) in [5.74, 6) is -0.0315. The Labute approximate surface area is 94.2 Å². The van der Waals surface area contributed by atoms with Crippen LogP contribution in [0.5, 0.6) is 0 Å². The summed E-state index contributed by atoms with van der Waals surface area (Å²) in [6.45, 7) is 2.35. The van der Waals surface area contributed by atoms with Gasteiger partial charge in [-0.05, 0) is 12.5 Å². The molecule has 2 N–H and O–H groups in total. The van der Waals surface area contributed by atoms with Crippen molar-refractivity contribution >= 4 is 16.8 Å². The summed E-state index contributed by atoms with van der Waals surface area (Å²) >= 11 is 0. The molecule has 0 aliphatic heterocycles. The molecule has 16 heavy (non-hydrogen) atoms. The molecular weight excluding hydrogens is 202 g/mol. The predicted molar refractivity (Wildman–Crippen MR) is 63.4 cm³/mol. The molecule has 1 unspecified atom stereocenters. The molecule has 0 bridgehead atoms. The van der Waals surface area contributed by atoms with Crippen molar-refractivity contribution in [2.24, 2.45) is 11.7 Å². The SMILES string of the molecule is CCC(CN)C(=O)c1coc2ccccc12. The number of nitrogens with two attached hydrogens (primary N) is 1. The van der Waals surface area contributed by atoms with Crippen LogP contribution in [0, 0.1) is 5.92 Å². The third-order valence-electron chi connectivity index (χ3n) is 2.89. The van der Waals surface area contributed by atoms with E-state index in [4.69, 9.17) is 10.2 Å². The van der Waals surface area contributed by atoms with E-state index in [0.29, 0.717) is 12.1 Å². The van der Waals surface area contributed by atoms with Gasteiger partial charge in [0.05, 0.1) is 5.56 Å². The summed E-state index contributed by atoms with van der Waals surface area (Å²) < 4.78 is 5.35. The normalized spacial score (nSPS) is 12.9. The van der Waals surface area contributed by atoms with Gasteiger partial charge in [0, 0.05) is 17.8 Å². The lowest BCUT2D eigenvalue weighted by Crippen LogP contribution is -2.22. The van der Waals surface area contributed by atoms with E-state index in [1.165, 1.54) is 6.26 Å². The van der Waals surface area contributed by atoms with Crippen LogP contribution in [0.3, 0.4) is 0 Å². The molecule has 0 saturated carbocycles. The molecule has 2 rings (SSSR count). The smallest absolute Gasteiger partial charge is 0.171 e. The van der Waals surface area contributed by atoms with Crippen molar-refractivity contribution < 1.29 is 9.21 Å². The summed E-state index contributed by atoms with van der Waals surface area (Å²) in [4.78, 5) is 12.1. The van der Waals surface area contributed by atoms with Gasteiger partial charge in [-0.3, -0.25) is 4.79 Å². The third-order valence-corrected chi connectivity index (χ3v) is 2.89. The molecule has 1 aromatic heterocycles. The number of hydrogen-bond donors (Lipinski definition) is 1. The Bertz CT molecular complexity index is 497. The number of carbonyl (C=O) groups is 1. The molecule has 0 amide bonds. The zero-order valence-electron chi connectivity index (χ0n) is 9.27. The number of Topliss-reactive ketones (excluding diaryl/α,β-unsaturated/α-hetero) is 1. The summed E-state index contributed by atoms with van der Waals surface area (Å²) in [5.41, 5.74) is 6.98. The molecule has 2 aromatic rings. The van der Waals surface area contributed by atoms with Gasteiger partial charge in [-0.15, -0.1) is 0 Å². The predicted octanol–water partition coefficient (Wildman–Crippen LogP) is 2.60. The molecule has 3 nitrogen and oxygen atoms in total. The number of carbonyl (C=O) groups excluding carboxylic acids is 1. The van der Waals surface area contributed by atoms with Gasteiger partial charge in [-0.1, -0.05) is 25.1 Å². The van der Waals surface area contributed by atoms with Gasteiger partial charge in [-0.2, -0.15) is 0 Å². The van der Waals surface area contributed by atoms with Gasteiger partial charge < -0.3 is 10.2 Å². The molecule has 84 valence electrons. The second kappa shape index (κ2) is 4.49. The average Bonchev–Trinajstić information content (AvgIpc) is 2.74. The van der Waals surface area contributed by atoms with Crippen LogP contribution in [0.15, 0.2) is 34.9 Å². The average molecular weight is 217 g/mol. The highest BCUT2D eigenvalue weighted by Gasteiger charge is 2.20. The van der Waals surface area contributed by atoms with Crippen LogP contribution in [0.4, 0.5) is 0 Å². The van der Waals surface area contributed by atoms with Crippen molar-refractivity contribution in [3.63, 3.8) is 0 Å². The molecule has 0 fully saturated rings. The summed E-state index contributed by atoms with van der Waals surface area (Å²) in [6, 6.07) is 7.54. The number of fused-ring (bicyclic) bond motifs is 1. The Kier molecular flexibility index (Phi) is 3.06. The van der Waals surface area contributed by atoms with Gasteiger partial charge in [-0.25, -0.2) is 0 Å². The van der Waals surface area contributed by atoms with E-state index >= 15 is 0 Å². The standard InChI is InChI=1S/C13H15NO2/c1-2-9(7-14)13(15)11-8-16-12-6-4-3-5-10(11)12/h3-6,8-9H,2,7,14H2,1H3. The second-order valence-electron chi connectivity index (χ2n) is 3.85. The van der Waals surface area contributed by atoms with Crippen LogP contribution in [-0.4, -0.2) is 12.3 Å². The van der Waals surface area contributed by atoms with E-state index in [0.717, 1.165) is 17.4 Å². The molecule has 0 radical (unpaired) electrons. The van der Waals surface area contributed by atoms with Gasteiger partial charge in [0.2, 0.25) is 0 Å². The molecule has 0 aliphatic rings. The van der Waals surface area contributed by atoms with Gasteiger partial charge in [0.25, 0.3) is 0 Å². The van der Waals surface area contributed by atoms with Crippen molar-refractivity contribution in [3.05, 3.63) is 36.1 Å². The second-order valence-corrected chi connectivity index (χ2v) is 3.85. The fraction of sp³-hybridized carbons (Fsp3) is 0.308. The lowest BCUT2D eigenvalue weighted by atomic mass is 9.95. The number of benzene rings is 1. The van der Waals surface area contributed by atoms with Crippen LogP contribution in [-0.2, 0) is 0 Å².